The number of aryl methyl sites for hydroxylation is 1. The van der Waals surface area contributed by atoms with E-state index in [1.165, 1.54) is 0 Å². The van der Waals surface area contributed by atoms with Crippen LogP contribution in [0.5, 0.6) is 0 Å². The van der Waals surface area contributed by atoms with E-state index in [1.54, 1.807) is 12.1 Å². The van der Waals surface area contributed by atoms with Crippen molar-refractivity contribution in [3.8, 4) is 0 Å². The molecule has 1 aliphatic rings. The van der Waals surface area contributed by atoms with Crippen molar-refractivity contribution in [1.82, 2.24) is 5.32 Å². The van der Waals surface area contributed by atoms with Crippen LogP contribution in [0.2, 0.25) is 5.02 Å². The van der Waals surface area contributed by atoms with Gasteiger partial charge in [0.15, 0.2) is 0 Å². The first-order chi connectivity index (χ1) is 9.00. The van der Waals surface area contributed by atoms with Gasteiger partial charge in [0.1, 0.15) is 0 Å². The molecule has 5 heteroatoms. The summed E-state index contributed by atoms with van der Waals surface area (Å²) in [5, 5.41) is 12.3. The standard InChI is InChI=1S/C14H16ClNO3/c1-8-4-2-6-10(12(8)15)13(17)16-11-7-3-5-9(11)14(18)19/h2,4,6,9,11H,3,5,7H2,1H3,(H,16,17)(H,18,19)/t9-,11+/m0/s1. The number of carbonyl (C=O) groups excluding carboxylic acids is 1. The molecule has 19 heavy (non-hydrogen) atoms. The van der Waals surface area contributed by atoms with Gasteiger partial charge in [-0.15, -0.1) is 0 Å². The highest BCUT2D eigenvalue weighted by Crippen LogP contribution is 2.27. The van der Waals surface area contributed by atoms with E-state index in [1.807, 2.05) is 13.0 Å². The maximum atomic E-state index is 12.2. The van der Waals surface area contributed by atoms with Crippen molar-refractivity contribution in [2.45, 2.75) is 32.2 Å². The average molecular weight is 282 g/mol. The van der Waals surface area contributed by atoms with Crippen LogP contribution in [0.1, 0.15) is 35.2 Å². The van der Waals surface area contributed by atoms with Gasteiger partial charge in [-0.05, 0) is 31.4 Å². The van der Waals surface area contributed by atoms with Crippen LogP contribution in [0.15, 0.2) is 18.2 Å². The molecule has 0 radical (unpaired) electrons. The summed E-state index contributed by atoms with van der Waals surface area (Å²) in [7, 11) is 0. The van der Waals surface area contributed by atoms with Gasteiger partial charge in [0, 0.05) is 6.04 Å². The third kappa shape index (κ3) is 2.89. The first-order valence-corrected chi connectivity index (χ1v) is 6.67. The van der Waals surface area contributed by atoms with E-state index in [0.717, 1.165) is 12.0 Å². The monoisotopic (exact) mass is 281 g/mol. The van der Waals surface area contributed by atoms with E-state index in [9.17, 15) is 9.59 Å². The lowest BCUT2D eigenvalue weighted by molar-refractivity contribution is -0.142. The molecule has 0 aliphatic heterocycles. The minimum atomic E-state index is -0.849. The molecule has 1 aromatic rings. The van der Waals surface area contributed by atoms with Gasteiger partial charge in [-0.25, -0.2) is 0 Å². The van der Waals surface area contributed by atoms with Crippen LogP contribution >= 0.6 is 11.6 Å². The van der Waals surface area contributed by atoms with Gasteiger partial charge < -0.3 is 10.4 Å². The molecule has 1 amide bonds. The number of hydrogen-bond donors (Lipinski definition) is 2. The first kappa shape index (κ1) is 13.9. The molecular weight excluding hydrogens is 266 g/mol. The molecule has 1 aromatic carbocycles. The number of benzene rings is 1. The summed E-state index contributed by atoms with van der Waals surface area (Å²) in [5.41, 5.74) is 1.23. The van der Waals surface area contributed by atoms with Crippen molar-refractivity contribution in [3.63, 3.8) is 0 Å². The smallest absolute Gasteiger partial charge is 0.308 e. The van der Waals surface area contributed by atoms with Crippen LogP contribution in [0.4, 0.5) is 0 Å². The summed E-state index contributed by atoms with van der Waals surface area (Å²) in [6, 6.07) is 4.94. The maximum absolute atomic E-state index is 12.2. The van der Waals surface area contributed by atoms with Gasteiger partial charge in [-0.2, -0.15) is 0 Å². The fourth-order valence-corrected chi connectivity index (χ4v) is 2.71. The van der Waals surface area contributed by atoms with Crippen LogP contribution in [0.25, 0.3) is 0 Å². The lowest BCUT2D eigenvalue weighted by Crippen LogP contribution is -2.40. The largest absolute Gasteiger partial charge is 0.481 e. The fraction of sp³-hybridized carbons (Fsp3) is 0.429. The van der Waals surface area contributed by atoms with Crippen molar-refractivity contribution in [2.75, 3.05) is 0 Å². The molecule has 2 rings (SSSR count). The molecule has 1 aliphatic carbocycles. The minimum absolute atomic E-state index is 0.299. The molecule has 0 heterocycles. The SMILES string of the molecule is Cc1cccc(C(=O)N[C@@H]2CCC[C@@H]2C(=O)O)c1Cl. The Kier molecular flexibility index (Phi) is 4.10. The number of hydrogen-bond acceptors (Lipinski definition) is 2. The second kappa shape index (κ2) is 5.61. The zero-order chi connectivity index (χ0) is 14.0. The number of rotatable bonds is 3. The average Bonchev–Trinajstić information content (AvgIpc) is 2.80. The first-order valence-electron chi connectivity index (χ1n) is 6.29. The summed E-state index contributed by atoms with van der Waals surface area (Å²) in [4.78, 5) is 23.2. The Balaban J connectivity index is 2.13. The third-order valence-corrected chi connectivity index (χ3v) is 4.09. The number of amides is 1. The molecule has 2 atom stereocenters. The molecule has 1 saturated carbocycles. The van der Waals surface area contributed by atoms with E-state index in [0.29, 0.717) is 23.4 Å². The van der Waals surface area contributed by atoms with Gasteiger partial charge in [0.05, 0.1) is 16.5 Å². The molecule has 0 saturated heterocycles. The summed E-state index contributed by atoms with van der Waals surface area (Å²) >= 11 is 6.10. The van der Waals surface area contributed by atoms with E-state index < -0.39 is 11.9 Å². The molecule has 2 N–H and O–H groups in total. The summed E-state index contributed by atoms with van der Waals surface area (Å²) in [6.07, 6.45) is 2.14. The van der Waals surface area contributed by atoms with Gasteiger partial charge in [-0.3, -0.25) is 9.59 Å². The molecule has 0 aromatic heterocycles. The molecule has 1 fully saturated rings. The normalized spacial score (nSPS) is 22.2. The van der Waals surface area contributed by atoms with Crippen LogP contribution < -0.4 is 5.32 Å². The minimum Gasteiger partial charge on any atom is -0.481 e. The summed E-state index contributed by atoms with van der Waals surface area (Å²) in [5.74, 6) is -1.64. The van der Waals surface area contributed by atoms with Gasteiger partial charge in [0.25, 0.3) is 5.91 Å². The highest BCUT2D eigenvalue weighted by Gasteiger charge is 2.34. The Morgan fingerprint density at radius 1 is 1.37 bits per heavy atom. The number of carboxylic acid groups (broad SMARTS) is 1. The Morgan fingerprint density at radius 3 is 2.79 bits per heavy atom. The van der Waals surface area contributed by atoms with Crippen molar-refractivity contribution >= 4 is 23.5 Å². The Bertz CT molecular complexity index is 515. The predicted molar refractivity (Wildman–Crippen MR) is 72.4 cm³/mol. The fourth-order valence-electron chi connectivity index (χ4n) is 2.50. The maximum Gasteiger partial charge on any atom is 0.308 e. The van der Waals surface area contributed by atoms with Crippen LogP contribution in [-0.2, 0) is 4.79 Å². The molecule has 0 spiro atoms. The summed E-state index contributed by atoms with van der Waals surface area (Å²) < 4.78 is 0. The quantitative estimate of drug-likeness (QED) is 0.895. The lowest BCUT2D eigenvalue weighted by atomic mass is 10.0. The van der Waals surface area contributed by atoms with Gasteiger partial charge in [-0.1, -0.05) is 30.2 Å². The Labute approximate surface area is 116 Å². The number of aliphatic carboxylic acids is 1. The number of carbonyl (C=O) groups is 2. The predicted octanol–water partition coefficient (Wildman–Crippen LogP) is 2.63. The van der Waals surface area contributed by atoms with Gasteiger partial charge >= 0.3 is 5.97 Å². The van der Waals surface area contributed by atoms with Crippen LogP contribution in [0, 0.1) is 12.8 Å². The highest BCUT2D eigenvalue weighted by molar-refractivity contribution is 6.34. The zero-order valence-electron chi connectivity index (χ0n) is 10.6. The number of halogens is 1. The molecular formula is C14H16ClNO3. The van der Waals surface area contributed by atoms with E-state index in [4.69, 9.17) is 16.7 Å². The van der Waals surface area contributed by atoms with Crippen molar-refractivity contribution in [1.29, 1.82) is 0 Å². The Morgan fingerprint density at radius 2 is 2.11 bits per heavy atom. The molecule has 102 valence electrons. The van der Waals surface area contributed by atoms with Crippen LogP contribution in [-0.4, -0.2) is 23.0 Å². The molecule has 0 bridgehead atoms. The van der Waals surface area contributed by atoms with E-state index in [2.05, 4.69) is 5.32 Å². The van der Waals surface area contributed by atoms with Crippen LogP contribution in [0.3, 0.4) is 0 Å². The second-order valence-corrected chi connectivity index (χ2v) is 5.27. The third-order valence-electron chi connectivity index (χ3n) is 3.59. The van der Waals surface area contributed by atoms with Crippen molar-refractivity contribution in [3.05, 3.63) is 34.3 Å². The molecule has 0 unspecified atom stereocenters. The molecule has 4 nitrogen and oxygen atoms in total. The number of carboxylic acids is 1. The second-order valence-electron chi connectivity index (χ2n) is 4.89. The Hall–Kier alpha value is -1.55. The van der Waals surface area contributed by atoms with Crippen molar-refractivity contribution in [2.24, 2.45) is 5.92 Å². The number of nitrogens with one attached hydrogen (secondary N) is 1. The lowest BCUT2D eigenvalue weighted by Gasteiger charge is -2.18. The van der Waals surface area contributed by atoms with Gasteiger partial charge in [0.2, 0.25) is 0 Å². The van der Waals surface area contributed by atoms with E-state index >= 15 is 0 Å². The zero-order valence-corrected chi connectivity index (χ0v) is 11.4. The topological polar surface area (TPSA) is 66.4 Å². The summed E-state index contributed by atoms with van der Waals surface area (Å²) in [6.45, 7) is 1.83. The van der Waals surface area contributed by atoms with Crippen molar-refractivity contribution < 1.29 is 14.7 Å². The van der Waals surface area contributed by atoms with E-state index in [-0.39, 0.29) is 11.9 Å². The highest BCUT2D eigenvalue weighted by atomic mass is 35.5.